The predicted molar refractivity (Wildman–Crippen MR) is 145 cm³/mol. The lowest BCUT2D eigenvalue weighted by atomic mass is 9.95. The Morgan fingerprint density at radius 1 is 1.14 bits per heavy atom. The molecule has 3 unspecified atom stereocenters. The molecule has 0 heterocycles. The molecule has 1 aromatic rings. The average Bonchev–Trinajstić information content (AvgIpc) is 2.75. The van der Waals surface area contributed by atoms with Gasteiger partial charge in [-0.25, -0.2) is 4.79 Å². The van der Waals surface area contributed by atoms with Crippen molar-refractivity contribution in [3.05, 3.63) is 47.5 Å². The van der Waals surface area contributed by atoms with E-state index in [1.54, 1.807) is 20.8 Å². The van der Waals surface area contributed by atoms with Gasteiger partial charge < -0.3 is 26.0 Å². The van der Waals surface area contributed by atoms with Gasteiger partial charge in [-0.3, -0.25) is 14.4 Å². The lowest BCUT2D eigenvalue weighted by molar-refractivity contribution is -0.142. The number of hydrogen-bond acceptors (Lipinski definition) is 5. The van der Waals surface area contributed by atoms with Crippen molar-refractivity contribution in [2.45, 2.75) is 97.9 Å². The maximum Gasteiger partial charge on any atom is 0.408 e. The Morgan fingerprint density at radius 3 is 2.30 bits per heavy atom. The molecule has 3 atom stereocenters. The van der Waals surface area contributed by atoms with E-state index in [9.17, 15) is 19.2 Å². The fourth-order valence-electron chi connectivity index (χ4n) is 4.07. The third-order valence-electron chi connectivity index (χ3n) is 5.67. The Balaban J connectivity index is 3.52. The first kappa shape index (κ1) is 31.7. The van der Waals surface area contributed by atoms with Gasteiger partial charge in [-0.15, -0.1) is 6.58 Å². The summed E-state index contributed by atoms with van der Waals surface area (Å²) in [5.41, 5.74) is 7.07. The minimum Gasteiger partial charge on any atom is -0.444 e. The van der Waals surface area contributed by atoms with Crippen molar-refractivity contribution in [2.24, 2.45) is 5.73 Å². The summed E-state index contributed by atoms with van der Waals surface area (Å²) in [6.45, 7) is 16.7. The van der Waals surface area contributed by atoms with Gasteiger partial charge in [-0.2, -0.15) is 0 Å². The standard InChI is InChI=1S/C28H44N4O5/c1-9-11-20(5)30-25(34)24(21-13-12-18(3)17-19(21)4)32(16-10-2)26(35)22(14-15-23(29)33)31-27(36)37-28(6,7)8/h10,12-13,17,20,22,24H,2,9,11,14-16H2,1,3-8H3,(H2,29,33)(H,30,34)(H,31,36). The van der Waals surface area contributed by atoms with E-state index in [1.165, 1.54) is 11.0 Å². The summed E-state index contributed by atoms with van der Waals surface area (Å²) >= 11 is 0. The van der Waals surface area contributed by atoms with E-state index >= 15 is 0 Å². The normalized spacial score (nSPS) is 13.6. The molecule has 0 aromatic heterocycles. The average molecular weight is 517 g/mol. The number of amides is 4. The molecule has 0 spiro atoms. The van der Waals surface area contributed by atoms with Crippen LogP contribution in [0.1, 0.15) is 83.0 Å². The SMILES string of the molecule is C=CCN(C(=O)C(CCC(N)=O)NC(=O)OC(C)(C)C)C(C(=O)NC(C)CCC)c1ccc(C)cc1C. The highest BCUT2D eigenvalue weighted by Gasteiger charge is 2.36. The van der Waals surface area contributed by atoms with Crippen molar-refractivity contribution in [2.75, 3.05) is 6.54 Å². The van der Waals surface area contributed by atoms with Crippen molar-refractivity contribution in [3.8, 4) is 0 Å². The van der Waals surface area contributed by atoms with Gasteiger partial charge in [0.1, 0.15) is 17.7 Å². The van der Waals surface area contributed by atoms with Crippen LogP contribution in [-0.4, -0.2) is 52.9 Å². The molecule has 1 aromatic carbocycles. The highest BCUT2D eigenvalue weighted by molar-refractivity contribution is 5.93. The summed E-state index contributed by atoms with van der Waals surface area (Å²) in [6.07, 6.45) is 2.20. The third-order valence-corrected chi connectivity index (χ3v) is 5.67. The summed E-state index contributed by atoms with van der Waals surface area (Å²) in [5.74, 6) is -1.50. The Labute approximate surface area is 221 Å². The van der Waals surface area contributed by atoms with E-state index in [0.29, 0.717) is 5.56 Å². The molecule has 0 fully saturated rings. The molecule has 0 bridgehead atoms. The van der Waals surface area contributed by atoms with E-state index in [4.69, 9.17) is 10.5 Å². The first-order valence-electron chi connectivity index (χ1n) is 12.8. The van der Waals surface area contributed by atoms with Crippen LogP contribution in [0.4, 0.5) is 4.79 Å². The molecule has 1 rings (SSSR count). The van der Waals surface area contributed by atoms with Crippen molar-refractivity contribution in [1.82, 2.24) is 15.5 Å². The van der Waals surface area contributed by atoms with Gasteiger partial charge in [-0.1, -0.05) is 43.2 Å². The minimum atomic E-state index is -1.14. The van der Waals surface area contributed by atoms with Crippen LogP contribution < -0.4 is 16.4 Å². The predicted octanol–water partition coefficient (Wildman–Crippen LogP) is 3.82. The number of carbonyl (C=O) groups excluding carboxylic acids is 4. The van der Waals surface area contributed by atoms with E-state index in [1.807, 2.05) is 45.9 Å². The van der Waals surface area contributed by atoms with Crippen LogP contribution >= 0.6 is 0 Å². The second-order valence-electron chi connectivity index (χ2n) is 10.4. The first-order chi connectivity index (χ1) is 17.2. The number of benzene rings is 1. The number of alkyl carbamates (subject to hydrolysis) is 1. The van der Waals surface area contributed by atoms with E-state index in [-0.39, 0.29) is 31.3 Å². The molecular weight excluding hydrogens is 472 g/mol. The Hall–Kier alpha value is -3.36. The molecule has 4 amide bonds. The summed E-state index contributed by atoms with van der Waals surface area (Å²) in [6, 6.07) is 3.45. The largest absolute Gasteiger partial charge is 0.444 e. The topological polar surface area (TPSA) is 131 Å². The second-order valence-corrected chi connectivity index (χ2v) is 10.4. The molecule has 0 saturated heterocycles. The quantitative estimate of drug-likeness (QED) is 0.343. The van der Waals surface area contributed by atoms with Crippen LogP contribution in [-0.2, 0) is 19.1 Å². The van der Waals surface area contributed by atoms with Crippen molar-refractivity contribution >= 4 is 23.8 Å². The maximum atomic E-state index is 13.9. The summed E-state index contributed by atoms with van der Waals surface area (Å²) < 4.78 is 5.33. The van der Waals surface area contributed by atoms with Crippen LogP contribution in [0.15, 0.2) is 30.9 Å². The molecule has 4 N–H and O–H groups in total. The maximum absolute atomic E-state index is 13.9. The molecule has 206 valence electrons. The van der Waals surface area contributed by atoms with Gasteiger partial charge in [0.25, 0.3) is 0 Å². The smallest absolute Gasteiger partial charge is 0.408 e. The molecule has 0 aliphatic heterocycles. The van der Waals surface area contributed by atoms with E-state index < -0.39 is 35.6 Å². The van der Waals surface area contributed by atoms with Gasteiger partial charge in [0, 0.05) is 19.0 Å². The molecule has 37 heavy (non-hydrogen) atoms. The van der Waals surface area contributed by atoms with Gasteiger partial charge in [0.15, 0.2) is 0 Å². The summed E-state index contributed by atoms with van der Waals surface area (Å²) in [4.78, 5) is 53.1. The number of nitrogens with two attached hydrogens (primary N) is 1. The Kier molecular flexibility index (Phi) is 12.3. The van der Waals surface area contributed by atoms with Gasteiger partial charge in [-0.05, 0) is 65.5 Å². The zero-order valence-electron chi connectivity index (χ0n) is 23.3. The van der Waals surface area contributed by atoms with E-state index in [2.05, 4.69) is 17.2 Å². The third kappa shape index (κ3) is 10.7. The molecule has 9 nitrogen and oxygen atoms in total. The Bertz CT molecular complexity index is 970. The monoisotopic (exact) mass is 516 g/mol. The van der Waals surface area contributed by atoms with Gasteiger partial charge in [0.2, 0.25) is 17.7 Å². The van der Waals surface area contributed by atoms with Gasteiger partial charge in [0.05, 0.1) is 0 Å². The number of ether oxygens (including phenoxy) is 1. The van der Waals surface area contributed by atoms with Crippen LogP contribution in [0.5, 0.6) is 0 Å². The fourth-order valence-corrected chi connectivity index (χ4v) is 4.07. The van der Waals surface area contributed by atoms with Gasteiger partial charge >= 0.3 is 6.09 Å². The first-order valence-corrected chi connectivity index (χ1v) is 12.8. The number of carbonyl (C=O) groups is 4. The molecule has 0 aliphatic rings. The summed E-state index contributed by atoms with van der Waals surface area (Å²) in [7, 11) is 0. The van der Waals surface area contributed by atoms with E-state index in [0.717, 1.165) is 24.0 Å². The van der Waals surface area contributed by atoms with Crippen LogP contribution in [0, 0.1) is 13.8 Å². The van der Waals surface area contributed by atoms with Crippen LogP contribution in [0.25, 0.3) is 0 Å². The lowest BCUT2D eigenvalue weighted by Gasteiger charge is -2.35. The molecule has 0 saturated carbocycles. The number of nitrogens with one attached hydrogen (secondary N) is 2. The summed E-state index contributed by atoms with van der Waals surface area (Å²) in [5, 5.41) is 5.59. The highest BCUT2D eigenvalue weighted by Crippen LogP contribution is 2.27. The highest BCUT2D eigenvalue weighted by atomic mass is 16.6. The van der Waals surface area contributed by atoms with Crippen LogP contribution in [0.2, 0.25) is 0 Å². The minimum absolute atomic E-state index is 0.0372. The molecule has 0 radical (unpaired) electrons. The molecule has 9 heteroatoms. The second kappa shape index (κ2) is 14.4. The number of hydrogen-bond donors (Lipinski definition) is 3. The number of primary amides is 1. The lowest BCUT2D eigenvalue weighted by Crippen LogP contribution is -2.54. The number of nitrogens with zero attached hydrogens (tertiary/aromatic N) is 1. The van der Waals surface area contributed by atoms with Crippen LogP contribution in [0.3, 0.4) is 0 Å². The molecule has 0 aliphatic carbocycles. The zero-order valence-corrected chi connectivity index (χ0v) is 23.3. The molecular formula is C28H44N4O5. The van der Waals surface area contributed by atoms with Crippen molar-refractivity contribution in [3.63, 3.8) is 0 Å². The van der Waals surface area contributed by atoms with Crippen molar-refractivity contribution < 1.29 is 23.9 Å². The number of aryl methyl sites for hydroxylation is 2. The number of rotatable bonds is 13. The fraction of sp³-hybridized carbons (Fsp3) is 0.571. The Morgan fingerprint density at radius 2 is 1.78 bits per heavy atom. The van der Waals surface area contributed by atoms with Crippen molar-refractivity contribution in [1.29, 1.82) is 0 Å². The zero-order chi connectivity index (χ0) is 28.3.